The molecule has 0 bridgehead atoms. The molecule has 0 unspecified atom stereocenters. The van der Waals surface area contributed by atoms with Crippen molar-refractivity contribution in [3.63, 3.8) is 0 Å². The average Bonchev–Trinajstić information content (AvgIpc) is 2.55. The van der Waals surface area contributed by atoms with Gasteiger partial charge in [0.1, 0.15) is 0 Å². The predicted molar refractivity (Wildman–Crippen MR) is 86.0 cm³/mol. The average molecular weight is 274 g/mol. The number of hydrogen-bond acceptors (Lipinski definition) is 2. The van der Waals surface area contributed by atoms with Gasteiger partial charge in [-0.2, -0.15) is 0 Å². The van der Waals surface area contributed by atoms with Crippen LogP contribution in [0.3, 0.4) is 0 Å². The van der Waals surface area contributed by atoms with E-state index in [1.54, 1.807) is 0 Å². The molecule has 1 aromatic heterocycles. The van der Waals surface area contributed by atoms with Gasteiger partial charge in [-0.1, -0.05) is 42.5 Å². The summed E-state index contributed by atoms with van der Waals surface area (Å²) in [6.07, 6.45) is 2.99. The van der Waals surface area contributed by atoms with Gasteiger partial charge >= 0.3 is 0 Å². The first-order chi connectivity index (χ1) is 10.4. The standard InChI is InChI=1S/C19H18N2/c1-2-5-15(6-3-1)13-21-12-10-17-16(14-21)8-9-19-18(17)7-4-11-20-19/h1-9,11H,10,12-14H2. The zero-order chi connectivity index (χ0) is 14.1. The topological polar surface area (TPSA) is 16.1 Å². The molecule has 0 aliphatic carbocycles. The van der Waals surface area contributed by atoms with Gasteiger partial charge in [0.05, 0.1) is 5.52 Å². The predicted octanol–water partition coefficient (Wildman–Crippen LogP) is 3.79. The molecule has 0 saturated carbocycles. The summed E-state index contributed by atoms with van der Waals surface area (Å²) >= 11 is 0. The minimum Gasteiger partial charge on any atom is -0.294 e. The van der Waals surface area contributed by atoms with Crippen LogP contribution >= 0.6 is 0 Å². The highest BCUT2D eigenvalue weighted by atomic mass is 15.1. The van der Waals surface area contributed by atoms with Gasteiger partial charge in [-0.25, -0.2) is 0 Å². The van der Waals surface area contributed by atoms with Crippen molar-refractivity contribution >= 4 is 10.9 Å². The summed E-state index contributed by atoms with van der Waals surface area (Å²) in [6.45, 7) is 3.19. The molecule has 0 amide bonds. The van der Waals surface area contributed by atoms with Crippen LogP contribution in [0.25, 0.3) is 10.9 Å². The lowest BCUT2D eigenvalue weighted by Gasteiger charge is -2.29. The number of nitrogens with zero attached hydrogens (tertiary/aromatic N) is 2. The lowest BCUT2D eigenvalue weighted by molar-refractivity contribution is 0.246. The molecule has 2 aromatic carbocycles. The largest absolute Gasteiger partial charge is 0.294 e. The second-order valence-electron chi connectivity index (χ2n) is 5.72. The molecule has 0 spiro atoms. The van der Waals surface area contributed by atoms with Crippen LogP contribution in [0, 0.1) is 0 Å². The Morgan fingerprint density at radius 3 is 2.76 bits per heavy atom. The van der Waals surface area contributed by atoms with Crippen LogP contribution < -0.4 is 0 Å². The van der Waals surface area contributed by atoms with Crippen LogP contribution in [0.15, 0.2) is 60.8 Å². The second kappa shape index (κ2) is 5.30. The number of benzene rings is 2. The Morgan fingerprint density at radius 2 is 1.86 bits per heavy atom. The van der Waals surface area contributed by atoms with Crippen molar-refractivity contribution in [1.82, 2.24) is 9.88 Å². The molecule has 2 nitrogen and oxygen atoms in total. The van der Waals surface area contributed by atoms with Gasteiger partial charge < -0.3 is 0 Å². The van der Waals surface area contributed by atoms with E-state index >= 15 is 0 Å². The third kappa shape index (κ3) is 2.43. The van der Waals surface area contributed by atoms with E-state index in [2.05, 4.69) is 58.4 Å². The van der Waals surface area contributed by atoms with Crippen LogP contribution in [0.1, 0.15) is 16.7 Å². The fraction of sp³-hybridized carbons (Fsp3) is 0.211. The highest BCUT2D eigenvalue weighted by Crippen LogP contribution is 2.27. The van der Waals surface area contributed by atoms with E-state index < -0.39 is 0 Å². The van der Waals surface area contributed by atoms with Crippen molar-refractivity contribution in [3.05, 3.63) is 77.5 Å². The Labute approximate surface area is 125 Å². The Hall–Kier alpha value is -2.19. The molecular weight excluding hydrogens is 256 g/mol. The molecule has 2 heterocycles. The van der Waals surface area contributed by atoms with Crippen LogP contribution in [0.5, 0.6) is 0 Å². The van der Waals surface area contributed by atoms with Crippen molar-refractivity contribution in [2.24, 2.45) is 0 Å². The number of aromatic nitrogens is 1. The van der Waals surface area contributed by atoms with Crippen molar-refractivity contribution in [3.8, 4) is 0 Å². The summed E-state index contributed by atoms with van der Waals surface area (Å²) < 4.78 is 0. The highest BCUT2D eigenvalue weighted by Gasteiger charge is 2.18. The summed E-state index contributed by atoms with van der Waals surface area (Å²) in [4.78, 5) is 6.99. The summed E-state index contributed by atoms with van der Waals surface area (Å²) in [5.41, 5.74) is 5.46. The first kappa shape index (κ1) is 12.5. The van der Waals surface area contributed by atoms with Gasteiger partial charge in [0, 0.05) is 31.2 Å². The van der Waals surface area contributed by atoms with E-state index in [-0.39, 0.29) is 0 Å². The molecule has 0 radical (unpaired) electrons. The maximum Gasteiger partial charge on any atom is 0.0704 e. The van der Waals surface area contributed by atoms with Crippen LogP contribution in [0.4, 0.5) is 0 Å². The van der Waals surface area contributed by atoms with E-state index in [0.717, 1.165) is 31.6 Å². The lowest BCUT2D eigenvalue weighted by atomic mass is 9.95. The third-order valence-electron chi connectivity index (χ3n) is 4.31. The Kier molecular flexibility index (Phi) is 3.17. The highest BCUT2D eigenvalue weighted by molar-refractivity contribution is 5.83. The molecule has 0 N–H and O–H groups in total. The van der Waals surface area contributed by atoms with Gasteiger partial charge in [0.15, 0.2) is 0 Å². The minimum absolute atomic E-state index is 1.03. The molecule has 1 aliphatic heterocycles. The summed E-state index contributed by atoms with van der Waals surface area (Å²) in [5, 5.41) is 1.33. The monoisotopic (exact) mass is 274 g/mol. The molecule has 0 fully saturated rings. The lowest BCUT2D eigenvalue weighted by Crippen LogP contribution is -2.30. The van der Waals surface area contributed by atoms with Gasteiger partial charge in [0.25, 0.3) is 0 Å². The first-order valence-electron chi connectivity index (χ1n) is 7.52. The van der Waals surface area contributed by atoms with Gasteiger partial charge in [0.2, 0.25) is 0 Å². The maximum absolute atomic E-state index is 4.46. The van der Waals surface area contributed by atoms with Crippen LogP contribution in [-0.4, -0.2) is 16.4 Å². The van der Waals surface area contributed by atoms with E-state index in [0.29, 0.717) is 0 Å². The Bertz CT molecular complexity index is 765. The van der Waals surface area contributed by atoms with Crippen molar-refractivity contribution in [2.45, 2.75) is 19.5 Å². The number of hydrogen-bond donors (Lipinski definition) is 0. The summed E-state index contributed by atoms with van der Waals surface area (Å²) in [5.74, 6) is 0. The normalized spacial score (nSPS) is 15.0. The summed E-state index contributed by atoms with van der Waals surface area (Å²) in [7, 11) is 0. The van der Waals surface area contributed by atoms with Crippen molar-refractivity contribution in [1.29, 1.82) is 0 Å². The minimum atomic E-state index is 1.03. The van der Waals surface area contributed by atoms with E-state index in [4.69, 9.17) is 0 Å². The van der Waals surface area contributed by atoms with Gasteiger partial charge in [-0.05, 0) is 35.2 Å². The van der Waals surface area contributed by atoms with Crippen molar-refractivity contribution in [2.75, 3.05) is 6.54 Å². The molecule has 3 aromatic rings. The first-order valence-corrected chi connectivity index (χ1v) is 7.52. The van der Waals surface area contributed by atoms with Crippen LogP contribution in [-0.2, 0) is 19.5 Å². The zero-order valence-electron chi connectivity index (χ0n) is 12.0. The third-order valence-corrected chi connectivity index (χ3v) is 4.31. The molecule has 2 heteroatoms. The number of pyridine rings is 1. The Balaban J connectivity index is 1.62. The van der Waals surface area contributed by atoms with E-state index in [1.807, 2.05) is 12.3 Å². The molecule has 0 saturated heterocycles. The van der Waals surface area contributed by atoms with E-state index in [1.165, 1.54) is 22.1 Å². The Morgan fingerprint density at radius 1 is 0.952 bits per heavy atom. The van der Waals surface area contributed by atoms with Gasteiger partial charge in [-0.3, -0.25) is 9.88 Å². The van der Waals surface area contributed by atoms with Gasteiger partial charge in [-0.15, -0.1) is 0 Å². The zero-order valence-corrected chi connectivity index (χ0v) is 12.0. The number of rotatable bonds is 2. The molecule has 104 valence electrons. The quantitative estimate of drug-likeness (QED) is 0.706. The number of fused-ring (bicyclic) bond motifs is 3. The van der Waals surface area contributed by atoms with Crippen molar-refractivity contribution < 1.29 is 0 Å². The SMILES string of the molecule is c1ccc(CN2CCc3c(ccc4ncccc34)C2)cc1. The molecule has 21 heavy (non-hydrogen) atoms. The fourth-order valence-corrected chi connectivity index (χ4v) is 3.27. The smallest absolute Gasteiger partial charge is 0.0704 e. The second-order valence-corrected chi connectivity index (χ2v) is 5.72. The van der Waals surface area contributed by atoms with Crippen LogP contribution in [0.2, 0.25) is 0 Å². The molecular formula is C19H18N2. The molecule has 1 aliphatic rings. The fourth-order valence-electron chi connectivity index (χ4n) is 3.27. The van der Waals surface area contributed by atoms with E-state index in [9.17, 15) is 0 Å². The maximum atomic E-state index is 4.46. The molecule has 4 rings (SSSR count). The molecule has 0 atom stereocenters. The summed E-state index contributed by atoms with van der Waals surface area (Å²) in [6, 6.07) is 19.4.